The van der Waals surface area contributed by atoms with E-state index in [9.17, 15) is 0 Å². The zero-order valence-corrected chi connectivity index (χ0v) is 25.7. The predicted octanol–water partition coefficient (Wildman–Crippen LogP) is 9.39. The average molecular weight is 553 g/mol. The summed E-state index contributed by atoms with van der Waals surface area (Å²) in [5.74, 6) is 31.8. The third kappa shape index (κ3) is 4.35. The van der Waals surface area contributed by atoms with E-state index >= 15 is 0 Å². The molecule has 0 heterocycles. The van der Waals surface area contributed by atoms with Crippen molar-refractivity contribution in [2.24, 2.45) is 69.5 Å². The van der Waals surface area contributed by atoms with Gasteiger partial charge in [0, 0.05) is 32.9 Å². The second kappa shape index (κ2) is 8.98. The normalized spacial score (nSPS) is 49.6. The van der Waals surface area contributed by atoms with E-state index in [-0.39, 0.29) is 0 Å². The molecular formula is C42H48. The molecule has 0 atom stereocenters. The fourth-order valence-electron chi connectivity index (χ4n) is 14.2. The number of benzene rings is 1. The van der Waals surface area contributed by atoms with Crippen LogP contribution in [-0.4, -0.2) is 0 Å². The number of hydrogen-bond donors (Lipinski definition) is 0. The van der Waals surface area contributed by atoms with Crippen LogP contribution in [0.15, 0.2) is 18.2 Å². The monoisotopic (exact) mass is 552 g/mol. The van der Waals surface area contributed by atoms with E-state index in [4.69, 9.17) is 0 Å². The Hall–Kier alpha value is -2.10. The molecule has 0 heteroatoms. The molecular weight excluding hydrogens is 504 g/mol. The summed E-state index contributed by atoms with van der Waals surface area (Å²) in [5.41, 5.74) is 4.41. The molecule has 0 N–H and O–H groups in total. The van der Waals surface area contributed by atoms with Gasteiger partial charge < -0.3 is 0 Å². The Labute approximate surface area is 255 Å². The Bertz CT molecular complexity index is 1200. The number of hydrogen-bond acceptors (Lipinski definition) is 0. The quantitative estimate of drug-likeness (QED) is 0.281. The van der Waals surface area contributed by atoms with Crippen molar-refractivity contribution < 1.29 is 0 Å². The van der Waals surface area contributed by atoms with Crippen LogP contribution in [-0.2, 0) is 0 Å². The first-order chi connectivity index (χ1) is 20.4. The van der Waals surface area contributed by atoms with Crippen LogP contribution >= 0.6 is 0 Å². The van der Waals surface area contributed by atoms with Gasteiger partial charge >= 0.3 is 0 Å². The van der Waals surface area contributed by atoms with Crippen molar-refractivity contribution >= 4 is 0 Å². The fraction of sp³-hybridized carbons (Fsp3) is 0.714. The molecule has 0 aliphatic heterocycles. The van der Waals surface area contributed by atoms with Gasteiger partial charge in [-0.05, 0) is 187 Å². The van der Waals surface area contributed by atoms with Crippen LogP contribution in [0.4, 0.5) is 0 Å². The zero-order chi connectivity index (χ0) is 27.5. The SMILES string of the molecule is C(#CC12CC3CC(CC(C3)C1)C2)c1cc(C#CC23CC4CC(CC(C4)C2)C3)cc(C#CC23CC4CC(CC(C4)C2)C3)c1. The molecule has 12 aliphatic rings. The highest BCUT2D eigenvalue weighted by Crippen LogP contribution is 2.62. The molecule has 12 bridgehead atoms. The average Bonchev–Trinajstić information content (AvgIpc) is 2.92. The second-order valence-electron chi connectivity index (χ2n) is 18.1. The standard InChI is InChI=1S/C42H48/c1(4-40-19-31-10-32(20-40)12-33(11-31)21-40)28-7-29(2-5-41-22-34-13-35(23-41)15-36(14-34)24-41)9-30(8-28)3-6-42-25-37-16-38(26-42)18-39(17-37)27-42/h7-9,31-39H,10-27H2. The van der Waals surface area contributed by atoms with Crippen molar-refractivity contribution in [2.45, 2.75) is 116 Å². The summed E-state index contributed by atoms with van der Waals surface area (Å²) in [7, 11) is 0. The lowest BCUT2D eigenvalue weighted by Gasteiger charge is -2.54. The molecule has 12 saturated carbocycles. The van der Waals surface area contributed by atoms with E-state index in [1.165, 1.54) is 132 Å². The third-order valence-corrected chi connectivity index (χ3v) is 14.5. The molecule has 0 saturated heterocycles. The molecule has 0 amide bonds. The van der Waals surface area contributed by atoms with Gasteiger partial charge in [-0.2, -0.15) is 0 Å². The van der Waals surface area contributed by atoms with Crippen LogP contribution in [0.5, 0.6) is 0 Å². The second-order valence-corrected chi connectivity index (χ2v) is 18.1. The smallest absolute Gasteiger partial charge is 0.0326 e. The maximum absolute atomic E-state index is 3.95. The summed E-state index contributed by atoms with van der Waals surface area (Å²) in [4.78, 5) is 0. The van der Waals surface area contributed by atoms with Crippen LogP contribution in [0, 0.1) is 105 Å². The molecule has 1 aromatic carbocycles. The van der Waals surface area contributed by atoms with Crippen molar-refractivity contribution in [1.82, 2.24) is 0 Å². The Kier molecular flexibility index (Phi) is 5.40. The summed E-state index contributed by atoms with van der Waals surface area (Å²) in [5, 5.41) is 0. The van der Waals surface area contributed by atoms with E-state index in [1.807, 2.05) is 0 Å². The molecule has 0 unspecified atom stereocenters. The highest BCUT2D eigenvalue weighted by molar-refractivity contribution is 5.52. The Morgan fingerprint density at radius 3 is 0.714 bits per heavy atom. The molecule has 1 aromatic rings. The third-order valence-electron chi connectivity index (χ3n) is 14.5. The maximum atomic E-state index is 3.95. The molecule has 42 heavy (non-hydrogen) atoms. The van der Waals surface area contributed by atoms with E-state index in [2.05, 4.69) is 53.7 Å². The van der Waals surface area contributed by atoms with E-state index in [0.29, 0.717) is 16.2 Å². The Morgan fingerprint density at radius 2 is 0.524 bits per heavy atom. The van der Waals surface area contributed by atoms with Gasteiger partial charge in [0.15, 0.2) is 0 Å². The summed E-state index contributed by atoms with van der Waals surface area (Å²) < 4.78 is 0. The Morgan fingerprint density at radius 1 is 0.333 bits per heavy atom. The molecule has 216 valence electrons. The molecule has 0 nitrogen and oxygen atoms in total. The van der Waals surface area contributed by atoms with Crippen molar-refractivity contribution in [3.05, 3.63) is 34.9 Å². The number of rotatable bonds is 0. The molecule has 12 fully saturated rings. The highest BCUT2D eigenvalue weighted by atomic mass is 14.6. The van der Waals surface area contributed by atoms with Crippen LogP contribution in [0.1, 0.15) is 132 Å². The molecule has 13 rings (SSSR count). The van der Waals surface area contributed by atoms with Crippen molar-refractivity contribution in [2.75, 3.05) is 0 Å². The molecule has 12 aliphatic carbocycles. The van der Waals surface area contributed by atoms with Crippen molar-refractivity contribution in [3.63, 3.8) is 0 Å². The van der Waals surface area contributed by atoms with Crippen molar-refractivity contribution in [3.8, 4) is 35.5 Å². The van der Waals surface area contributed by atoms with E-state index in [0.717, 1.165) is 53.3 Å². The van der Waals surface area contributed by atoms with Gasteiger partial charge in [-0.3, -0.25) is 0 Å². The van der Waals surface area contributed by atoms with E-state index in [1.54, 1.807) is 0 Å². The van der Waals surface area contributed by atoms with Gasteiger partial charge in [-0.25, -0.2) is 0 Å². The minimum absolute atomic E-state index is 0.292. The Balaban J connectivity index is 1.000. The maximum Gasteiger partial charge on any atom is 0.0326 e. The van der Waals surface area contributed by atoms with E-state index < -0.39 is 0 Å². The van der Waals surface area contributed by atoms with Crippen LogP contribution in [0.2, 0.25) is 0 Å². The summed E-state index contributed by atoms with van der Waals surface area (Å²) in [6, 6.07) is 6.99. The first-order valence-electron chi connectivity index (χ1n) is 18.2. The lowest BCUT2D eigenvalue weighted by atomic mass is 9.50. The first-order valence-corrected chi connectivity index (χ1v) is 18.2. The summed E-state index contributed by atoms with van der Waals surface area (Å²) in [6.07, 6.45) is 25.6. The van der Waals surface area contributed by atoms with Gasteiger partial charge in [0.2, 0.25) is 0 Å². The lowest BCUT2D eigenvalue weighted by molar-refractivity contribution is -0.0182. The fourth-order valence-corrected chi connectivity index (χ4v) is 14.2. The van der Waals surface area contributed by atoms with Crippen LogP contribution in [0.3, 0.4) is 0 Å². The van der Waals surface area contributed by atoms with Gasteiger partial charge in [0.1, 0.15) is 0 Å². The zero-order valence-electron chi connectivity index (χ0n) is 25.7. The summed E-state index contributed by atoms with van der Waals surface area (Å²) >= 11 is 0. The molecule has 0 aromatic heterocycles. The topological polar surface area (TPSA) is 0 Å². The molecule has 0 radical (unpaired) electrons. The van der Waals surface area contributed by atoms with Crippen molar-refractivity contribution in [1.29, 1.82) is 0 Å². The predicted molar refractivity (Wildman–Crippen MR) is 169 cm³/mol. The largest absolute Gasteiger partial charge is 0.0911 e. The lowest BCUT2D eigenvalue weighted by Crippen LogP contribution is -2.45. The van der Waals surface area contributed by atoms with Gasteiger partial charge in [0.25, 0.3) is 0 Å². The summed E-state index contributed by atoms with van der Waals surface area (Å²) in [6.45, 7) is 0. The van der Waals surface area contributed by atoms with Gasteiger partial charge in [-0.15, -0.1) is 0 Å². The van der Waals surface area contributed by atoms with Gasteiger partial charge in [0.05, 0.1) is 0 Å². The van der Waals surface area contributed by atoms with Crippen LogP contribution < -0.4 is 0 Å². The minimum atomic E-state index is 0.292. The minimum Gasteiger partial charge on any atom is -0.0911 e. The molecule has 0 spiro atoms. The van der Waals surface area contributed by atoms with Crippen LogP contribution in [0.25, 0.3) is 0 Å². The highest BCUT2D eigenvalue weighted by Gasteiger charge is 2.52. The first kappa shape index (κ1) is 25.2. The van der Waals surface area contributed by atoms with Gasteiger partial charge in [-0.1, -0.05) is 35.5 Å².